The summed E-state index contributed by atoms with van der Waals surface area (Å²) < 4.78 is 17.1. The third-order valence-electron chi connectivity index (χ3n) is 5.14. The van der Waals surface area contributed by atoms with Crippen LogP contribution in [0.1, 0.15) is 36.4 Å². The Morgan fingerprint density at radius 3 is 2.79 bits per heavy atom. The van der Waals surface area contributed by atoms with Gasteiger partial charge in [-0.3, -0.25) is 4.79 Å². The summed E-state index contributed by atoms with van der Waals surface area (Å²) in [5.41, 5.74) is 1.49. The molecule has 2 aromatic carbocycles. The smallest absolute Gasteiger partial charge is 0.261 e. The largest absolute Gasteiger partial charge is 0.490 e. The number of amides is 1. The number of carbonyl (C=O) groups excluding carboxylic acids is 1. The molecular formula is C22H21ClN2O4. The van der Waals surface area contributed by atoms with Gasteiger partial charge in [-0.2, -0.15) is 5.26 Å². The highest BCUT2D eigenvalue weighted by molar-refractivity contribution is 6.32. The number of hydrogen-bond donors (Lipinski definition) is 0. The molecule has 29 heavy (non-hydrogen) atoms. The molecule has 0 saturated carbocycles. The van der Waals surface area contributed by atoms with E-state index in [-0.39, 0.29) is 18.6 Å². The van der Waals surface area contributed by atoms with Crippen molar-refractivity contribution in [2.75, 3.05) is 26.4 Å². The molecule has 2 heterocycles. The van der Waals surface area contributed by atoms with Crippen LogP contribution in [0.15, 0.2) is 36.4 Å². The van der Waals surface area contributed by atoms with Gasteiger partial charge in [-0.15, -0.1) is 0 Å². The Labute approximate surface area is 174 Å². The highest BCUT2D eigenvalue weighted by atomic mass is 35.5. The van der Waals surface area contributed by atoms with E-state index in [1.54, 1.807) is 12.1 Å². The van der Waals surface area contributed by atoms with Crippen molar-refractivity contribution in [3.8, 4) is 23.3 Å². The van der Waals surface area contributed by atoms with Crippen LogP contribution >= 0.6 is 11.6 Å². The van der Waals surface area contributed by atoms with Crippen LogP contribution in [0.5, 0.6) is 17.2 Å². The zero-order valence-corrected chi connectivity index (χ0v) is 16.7. The highest BCUT2D eigenvalue weighted by Crippen LogP contribution is 2.38. The van der Waals surface area contributed by atoms with Gasteiger partial charge in [0.25, 0.3) is 5.91 Å². The summed E-state index contributed by atoms with van der Waals surface area (Å²) in [5, 5.41) is 9.23. The number of likely N-dealkylation sites (tertiary alicyclic amines) is 1. The molecule has 1 unspecified atom stereocenters. The molecule has 0 aromatic heterocycles. The number of nitrogens with zero attached hydrogens (tertiary/aromatic N) is 2. The minimum absolute atomic E-state index is 0.0142. The molecule has 0 radical (unpaired) electrons. The van der Waals surface area contributed by atoms with Gasteiger partial charge < -0.3 is 19.1 Å². The van der Waals surface area contributed by atoms with E-state index in [0.717, 1.165) is 36.3 Å². The summed E-state index contributed by atoms with van der Waals surface area (Å²) in [6.07, 6.45) is 2.68. The molecule has 1 fully saturated rings. The monoisotopic (exact) mass is 412 g/mol. The number of halogens is 1. The molecule has 2 aromatic rings. The number of ether oxygens (including phenoxy) is 3. The zero-order chi connectivity index (χ0) is 20.2. The van der Waals surface area contributed by atoms with E-state index in [1.165, 1.54) is 6.07 Å². The quantitative estimate of drug-likeness (QED) is 0.755. The van der Waals surface area contributed by atoms with E-state index in [1.807, 2.05) is 29.2 Å². The SMILES string of the molecule is N#Cc1ccc(OCC(=O)N2CCCC2c2ccc3c(c2)OCCCO3)c(Cl)c1. The molecule has 0 bridgehead atoms. The van der Waals surface area contributed by atoms with Gasteiger partial charge in [0.15, 0.2) is 18.1 Å². The number of hydrogen-bond acceptors (Lipinski definition) is 5. The average Bonchev–Trinajstić information content (AvgIpc) is 3.11. The maximum atomic E-state index is 12.8. The molecule has 1 amide bonds. The number of fused-ring (bicyclic) bond motifs is 1. The van der Waals surface area contributed by atoms with Crippen LogP contribution in [0, 0.1) is 11.3 Å². The number of carbonyl (C=O) groups is 1. The van der Waals surface area contributed by atoms with Gasteiger partial charge in [-0.1, -0.05) is 17.7 Å². The van der Waals surface area contributed by atoms with Gasteiger partial charge in [0.2, 0.25) is 0 Å². The highest BCUT2D eigenvalue weighted by Gasteiger charge is 2.31. The fraction of sp³-hybridized carbons (Fsp3) is 0.364. The van der Waals surface area contributed by atoms with Crippen molar-refractivity contribution in [3.05, 3.63) is 52.5 Å². The van der Waals surface area contributed by atoms with Crippen LogP contribution in [0.25, 0.3) is 0 Å². The molecule has 1 atom stereocenters. The van der Waals surface area contributed by atoms with E-state index in [0.29, 0.717) is 36.1 Å². The molecule has 2 aliphatic heterocycles. The Morgan fingerprint density at radius 2 is 2.00 bits per heavy atom. The molecule has 7 heteroatoms. The lowest BCUT2D eigenvalue weighted by molar-refractivity contribution is -0.134. The Hall–Kier alpha value is -2.91. The van der Waals surface area contributed by atoms with Crippen molar-refractivity contribution >= 4 is 17.5 Å². The van der Waals surface area contributed by atoms with E-state index < -0.39 is 0 Å². The molecule has 4 rings (SSSR count). The summed E-state index contributed by atoms with van der Waals surface area (Å²) in [6.45, 7) is 1.85. The van der Waals surface area contributed by atoms with Crippen LogP contribution < -0.4 is 14.2 Å². The predicted octanol–water partition coefficient (Wildman–Crippen LogP) is 4.12. The first-order chi connectivity index (χ1) is 14.2. The van der Waals surface area contributed by atoms with E-state index in [2.05, 4.69) is 0 Å². The maximum absolute atomic E-state index is 12.8. The van der Waals surface area contributed by atoms with Crippen molar-refractivity contribution in [1.82, 2.24) is 4.90 Å². The van der Waals surface area contributed by atoms with Crippen molar-refractivity contribution in [2.45, 2.75) is 25.3 Å². The summed E-state index contributed by atoms with van der Waals surface area (Å²) in [7, 11) is 0. The first kappa shape index (κ1) is 19.4. The van der Waals surface area contributed by atoms with Crippen molar-refractivity contribution in [2.24, 2.45) is 0 Å². The molecule has 1 saturated heterocycles. The lowest BCUT2D eigenvalue weighted by Gasteiger charge is -2.26. The predicted molar refractivity (Wildman–Crippen MR) is 107 cm³/mol. The molecular weight excluding hydrogens is 392 g/mol. The standard InChI is InChI=1S/C22H21ClN2O4/c23-17-11-15(13-24)4-6-19(17)29-14-22(26)25-8-1-3-18(25)16-5-7-20-21(12-16)28-10-2-9-27-20/h4-7,11-12,18H,1-3,8-10,14H2. The van der Waals surface area contributed by atoms with Crippen LogP contribution in [-0.2, 0) is 4.79 Å². The number of benzene rings is 2. The fourth-order valence-electron chi connectivity index (χ4n) is 3.71. The van der Waals surface area contributed by atoms with Gasteiger partial charge in [0.05, 0.1) is 35.9 Å². The second-order valence-corrected chi connectivity index (χ2v) is 7.45. The summed E-state index contributed by atoms with van der Waals surface area (Å²) in [6, 6.07) is 12.7. The topological polar surface area (TPSA) is 71.8 Å². The first-order valence-electron chi connectivity index (χ1n) is 9.67. The molecule has 150 valence electrons. The molecule has 6 nitrogen and oxygen atoms in total. The van der Waals surface area contributed by atoms with Crippen molar-refractivity contribution < 1.29 is 19.0 Å². The van der Waals surface area contributed by atoms with Gasteiger partial charge in [0, 0.05) is 13.0 Å². The first-order valence-corrected chi connectivity index (χ1v) is 10.0. The lowest BCUT2D eigenvalue weighted by Crippen LogP contribution is -2.34. The zero-order valence-electron chi connectivity index (χ0n) is 15.9. The number of nitriles is 1. The lowest BCUT2D eigenvalue weighted by atomic mass is 10.0. The van der Waals surface area contributed by atoms with Gasteiger partial charge >= 0.3 is 0 Å². The normalized spacial score (nSPS) is 18.1. The Morgan fingerprint density at radius 1 is 1.17 bits per heavy atom. The molecule has 0 spiro atoms. The Bertz CT molecular complexity index is 956. The number of rotatable bonds is 4. The summed E-state index contributed by atoms with van der Waals surface area (Å²) in [5.74, 6) is 1.78. The summed E-state index contributed by atoms with van der Waals surface area (Å²) in [4.78, 5) is 14.7. The minimum Gasteiger partial charge on any atom is -0.490 e. The van der Waals surface area contributed by atoms with Gasteiger partial charge in [-0.05, 0) is 48.7 Å². The second-order valence-electron chi connectivity index (χ2n) is 7.05. The van der Waals surface area contributed by atoms with Crippen LogP contribution in [0.3, 0.4) is 0 Å². The van der Waals surface area contributed by atoms with Crippen molar-refractivity contribution in [1.29, 1.82) is 5.26 Å². The van der Waals surface area contributed by atoms with Crippen LogP contribution in [-0.4, -0.2) is 37.2 Å². The van der Waals surface area contributed by atoms with Gasteiger partial charge in [0.1, 0.15) is 5.75 Å². The average molecular weight is 413 g/mol. The van der Waals surface area contributed by atoms with Gasteiger partial charge in [-0.25, -0.2) is 0 Å². The van der Waals surface area contributed by atoms with E-state index in [4.69, 9.17) is 31.1 Å². The van der Waals surface area contributed by atoms with Crippen molar-refractivity contribution in [3.63, 3.8) is 0 Å². The molecule has 0 N–H and O–H groups in total. The molecule has 0 aliphatic carbocycles. The van der Waals surface area contributed by atoms with Crippen LogP contribution in [0.4, 0.5) is 0 Å². The third kappa shape index (κ3) is 4.25. The maximum Gasteiger partial charge on any atom is 0.261 e. The van der Waals surface area contributed by atoms with E-state index >= 15 is 0 Å². The van der Waals surface area contributed by atoms with E-state index in [9.17, 15) is 4.79 Å². The Kier molecular flexibility index (Phi) is 5.77. The summed E-state index contributed by atoms with van der Waals surface area (Å²) >= 11 is 6.13. The fourth-order valence-corrected chi connectivity index (χ4v) is 3.94. The Balaban J connectivity index is 1.45. The minimum atomic E-state index is -0.104. The third-order valence-corrected chi connectivity index (χ3v) is 5.44. The second kappa shape index (κ2) is 8.62. The van der Waals surface area contributed by atoms with Crippen LogP contribution in [0.2, 0.25) is 5.02 Å². The molecule has 2 aliphatic rings.